The molecule has 148 valence electrons. The van der Waals surface area contributed by atoms with Gasteiger partial charge in [0.1, 0.15) is 0 Å². The van der Waals surface area contributed by atoms with E-state index in [0.29, 0.717) is 17.9 Å². The van der Waals surface area contributed by atoms with Gasteiger partial charge in [-0.05, 0) is 49.4 Å². The fourth-order valence-corrected chi connectivity index (χ4v) is 3.77. The van der Waals surface area contributed by atoms with Crippen molar-refractivity contribution in [3.05, 3.63) is 57.8 Å². The molecule has 0 bridgehead atoms. The molecule has 0 amide bonds. The van der Waals surface area contributed by atoms with Crippen LogP contribution in [0.25, 0.3) is 0 Å². The van der Waals surface area contributed by atoms with Crippen molar-refractivity contribution in [3.63, 3.8) is 0 Å². The Bertz CT molecular complexity index is 827. The van der Waals surface area contributed by atoms with Gasteiger partial charge in [0.15, 0.2) is 0 Å². The topological polar surface area (TPSA) is 74.5 Å². The number of nitrogens with zero attached hydrogens (tertiary/aromatic N) is 4. The molecule has 1 N–H and O–H groups in total. The lowest BCUT2D eigenvalue weighted by atomic mass is 10.1. The molecule has 28 heavy (non-hydrogen) atoms. The lowest BCUT2D eigenvalue weighted by Gasteiger charge is -2.36. The van der Waals surface area contributed by atoms with E-state index in [0.717, 1.165) is 37.7 Å². The average Bonchev–Trinajstić information content (AvgIpc) is 3.51. The van der Waals surface area contributed by atoms with Crippen molar-refractivity contribution in [2.75, 3.05) is 42.9 Å². The fraction of sp³-hybridized carbons (Fsp3) is 0.476. The molecule has 1 saturated carbocycles. The molecule has 2 aliphatic rings. The van der Waals surface area contributed by atoms with E-state index < -0.39 is 0 Å². The third-order valence-electron chi connectivity index (χ3n) is 5.66. The zero-order valence-corrected chi connectivity index (χ0v) is 16.3. The Balaban J connectivity index is 1.33. The molecule has 1 aliphatic heterocycles. The summed E-state index contributed by atoms with van der Waals surface area (Å²) in [5.74, 6) is 1.28. The van der Waals surface area contributed by atoms with Crippen LogP contribution >= 0.6 is 0 Å². The Morgan fingerprint density at radius 3 is 2.50 bits per heavy atom. The standard InChI is InChI=1S/C21H27N5O2/c1-16-8-9-22-21(20(16)26(27)28)23-14-17-4-6-19(7-5-17)25-12-10-24(11-13-25)15-18-2-3-18/h4-9,18H,2-3,10-15H2,1H3,(H,22,23). The van der Waals surface area contributed by atoms with Gasteiger partial charge in [0, 0.05) is 56.7 Å². The molecule has 2 heterocycles. The van der Waals surface area contributed by atoms with Gasteiger partial charge in [-0.1, -0.05) is 12.1 Å². The molecule has 2 aromatic rings. The van der Waals surface area contributed by atoms with Crippen molar-refractivity contribution in [1.82, 2.24) is 9.88 Å². The average molecular weight is 381 g/mol. The van der Waals surface area contributed by atoms with Crippen molar-refractivity contribution in [1.29, 1.82) is 0 Å². The number of nitro groups is 1. The summed E-state index contributed by atoms with van der Waals surface area (Å²) < 4.78 is 0. The summed E-state index contributed by atoms with van der Waals surface area (Å²) >= 11 is 0. The summed E-state index contributed by atoms with van der Waals surface area (Å²) in [4.78, 5) is 20.1. The molecule has 1 saturated heterocycles. The lowest BCUT2D eigenvalue weighted by molar-refractivity contribution is -0.384. The lowest BCUT2D eigenvalue weighted by Crippen LogP contribution is -2.47. The molecule has 7 heteroatoms. The molecule has 7 nitrogen and oxygen atoms in total. The number of benzene rings is 1. The van der Waals surface area contributed by atoms with Crippen LogP contribution in [0.1, 0.15) is 24.0 Å². The van der Waals surface area contributed by atoms with Crippen LogP contribution < -0.4 is 10.2 Å². The molecule has 0 spiro atoms. The van der Waals surface area contributed by atoms with E-state index in [1.807, 2.05) is 0 Å². The second-order valence-corrected chi connectivity index (χ2v) is 7.83. The normalized spacial score (nSPS) is 17.5. The summed E-state index contributed by atoms with van der Waals surface area (Å²) in [5, 5.41) is 14.4. The van der Waals surface area contributed by atoms with Gasteiger partial charge < -0.3 is 10.2 Å². The van der Waals surface area contributed by atoms with Crippen molar-refractivity contribution in [2.45, 2.75) is 26.3 Å². The molecular weight excluding hydrogens is 354 g/mol. The third kappa shape index (κ3) is 4.42. The SMILES string of the molecule is Cc1ccnc(NCc2ccc(N3CCN(CC4CC4)CC3)cc2)c1[N+](=O)[O-]. The molecule has 1 aromatic carbocycles. The highest BCUT2D eigenvalue weighted by Crippen LogP contribution is 2.30. The van der Waals surface area contributed by atoms with Crippen LogP contribution in [-0.4, -0.2) is 47.5 Å². The quantitative estimate of drug-likeness (QED) is 0.585. The zero-order valence-electron chi connectivity index (χ0n) is 16.3. The monoisotopic (exact) mass is 381 g/mol. The van der Waals surface area contributed by atoms with E-state index in [1.165, 1.54) is 25.1 Å². The van der Waals surface area contributed by atoms with Gasteiger partial charge in [-0.2, -0.15) is 0 Å². The molecule has 1 aromatic heterocycles. The Morgan fingerprint density at radius 1 is 1.14 bits per heavy atom. The van der Waals surface area contributed by atoms with Gasteiger partial charge in [0.05, 0.1) is 4.92 Å². The van der Waals surface area contributed by atoms with E-state index in [1.54, 1.807) is 19.2 Å². The highest BCUT2D eigenvalue weighted by Gasteiger charge is 2.26. The third-order valence-corrected chi connectivity index (χ3v) is 5.66. The predicted molar refractivity (Wildman–Crippen MR) is 111 cm³/mol. The summed E-state index contributed by atoms with van der Waals surface area (Å²) in [6.45, 7) is 7.94. The number of piperazine rings is 1. The minimum Gasteiger partial charge on any atom is -0.369 e. The van der Waals surface area contributed by atoms with Crippen LogP contribution in [0.2, 0.25) is 0 Å². The first-order valence-electron chi connectivity index (χ1n) is 10.0. The summed E-state index contributed by atoms with van der Waals surface area (Å²) in [7, 11) is 0. The zero-order chi connectivity index (χ0) is 19.5. The predicted octanol–water partition coefficient (Wildman–Crippen LogP) is 3.44. The Kier molecular flexibility index (Phi) is 5.43. The number of hydrogen-bond acceptors (Lipinski definition) is 6. The molecule has 0 atom stereocenters. The summed E-state index contributed by atoms with van der Waals surface area (Å²) in [6, 6.07) is 10.1. The number of nitrogens with one attached hydrogen (secondary N) is 1. The smallest absolute Gasteiger partial charge is 0.314 e. The van der Waals surface area contributed by atoms with Crippen molar-refractivity contribution >= 4 is 17.2 Å². The maximum atomic E-state index is 11.3. The number of aromatic nitrogens is 1. The van der Waals surface area contributed by atoms with Crippen LogP contribution in [-0.2, 0) is 6.54 Å². The van der Waals surface area contributed by atoms with Crippen LogP contribution in [0.4, 0.5) is 17.2 Å². The Morgan fingerprint density at radius 2 is 1.86 bits per heavy atom. The summed E-state index contributed by atoms with van der Waals surface area (Å²) in [5.41, 5.74) is 2.98. The number of rotatable bonds is 7. The number of pyridine rings is 1. The first kappa shape index (κ1) is 18.7. The maximum absolute atomic E-state index is 11.3. The minimum absolute atomic E-state index is 0.0446. The van der Waals surface area contributed by atoms with E-state index >= 15 is 0 Å². The van der Waals surface area contributed by atoms with Crippen LogP contribution in [0.3, 0.4) is 0 Å². The largest absolute Gasteiger partial charge is 0.369 e. The van der Waals surface area contributed by atoms with Crippen molar-refractivity contribution in [2.24, 2.45) is 5.92 Å². The second kappa shape index (κ2) is 8.14. The Hall–Kier alpha value is -2.67. The van der Waals surface area contributed by atoms with Gasteiger partial charge in [0.2, 0.25) is 5.82 Å². The maximum Gasteiger partial charge on any atom is 0.314 e. The molecule has 0 unspecified atom stereocenters. The number of anilines is 2. The van der Waals surface area contributed by atoms with Crippen LogP contribution in [0.5, 0.6) is 0 Å². The van der Waals surface area contributed by atoms with Crippen molar-refractivity contribution < 1.29 is 4.92 Å². The van der Waals surface area contributed by atoms with Gasteiger partial charge in [0.25, 0.3) is 0 Å². The molecule has 1 aliphatic carbocycles. The highest BCUT2D eigenvalue weighted by molar-refractivity contribution is 5.60. The number of hydrogen-bond donors (Lipinski definition) is 1. The molecule has 2 fully saturated rings. The molecular formula is C21H27N5O2. The van der Waals surface area contributed by atoms with E-state index in [9.17, 15) is 10.1 Å². The molecule has 4 rings (SSSR count). The molecule has 0 radical (unpaired) electrons. The van der Waals surface area contributed by atoms with E-state index in [4.69, 9.17) is 0 Å². The van der Waals surface area contributed by atoms with E-state index in [-0.39, 0.29) is 10.6 Å². The Labute approximate surface area is 165 Å². The fourth-order valence-electron chi connectivity index (χ4n) is 3.77. The van der Waals surface area contributed by atoms with Gasteiger partial charge in [-0.25, -0.2) is 4.98 Å². The van der Waals surface area contributed by atoms with E-state index in [2.05, 4.69) is 44.4 Å². The first-order chi connectivity index (χ1) is 13.6. The van der Waals surface area contributed by atoms with Gasteiger partial charge in [-0.3, -0.25) is 15.0 Å². The van der Waals surface area contributed by atoms with Crippen LogP contribution in [0.15, 0.2) is 36.5 Å². The minimum atomic E-state index is -0.378. The van der Waals surface area contributed by atoms with Gasteiger partial charge in [-0.15, -0.1) is 0 Å². The van der Waals surface area contributed by atoms with Crippen molar-refractivity contribution in [3.8, 4) is 0 Å². The number of aryl methyl sites for hydroxylation is 1. The second-order valence-electron chi connectivity index (χ2n) is 7.83. The highest BCUT2D eigenvalue weighted by atomic mass is 16.6. The van der Waals surface area contributed by atoms with Gasteiger partial charge >= 0.3 is 5.69 Å². The first-order valence-corrected chi connectivity index (χ1v) is 10.0. The van der Waals surface area contributed by atoms with Crippen LogP contribution in [0, 0.1) is 23.0 Å². The summed E-state index contributed by atoms with van der Waals surface area (Å²) in [6.07, 6.45) is 4.42.